The van der Waals surface area contributed by atoms with Crippen LogP contribution in [-0.2, 0) is 4.74 Å². The van der Waals surface area contributed by atoms with Crippen molar-refractivity contribution in [1.29, 1.82) is 0 Å². The summed E-state index contributed by atoms with van der Waals surface area (Å²) in [5.41, 5.74) is 0.0265. The number of rotatable bonds is 1. The van der Waals surface area contributed by atoms with Gasteiger partial charge in [-0.2, -0.15) is 0 Å². The summed E-state index contributed by atoms with van der Waals surface area (Å²) >= 11 is 0. The molecule has 0 bridgehead atoms. The first kappa shape index (κ1) is 9.49. The Balaban J connectivity index is 3.46. The third-order valence-corrected chi connectivity index (χ3v) is 0.942. The molecule has 0 aromatic carbocycles. The highest BCUT2D eigenvalue weighted by Gasteiger charge is 2.12. The predicted octanol–water partition coefficient (Wildman–Crippen LogP) is 0.842. The number of hydrogen-bond donors (Lipinski definition) is 1. The van der Waals surface area contributed by atoms with Gasteiger partial charge in [0, 0.05) is 0 Å². The topological polar surface area (TPSA) is 38.3 Å². The first-order chi connectivity index (χ1) is 4.45. The highest BCUT2D eigenvalue weighted by Crippen LogP contribution is 2.12. The van der Waals surface area contributed by atoms with E-state index in [-0.39, 0.29) is 5.41 Å². The molecule has 0 aliphatic rings. The van der Waals surface area contributed by atoms with Gasteiger partial charge in [0.2, 0.25) is 0 Å². The van der Waals surface area contributed by atoms with Gasteiger partial charge in [0.05, 0.1) is 6.61 Å². The Morgan fingerprint density at radius 2 is 2.10 bits per heavy atom. The molecule has 0 saturated heterocycles. The standard InChI is InChI=1S/C6H12NO2Si/c1-6(2,3)4-9-5(8)7-10/h4H2,1-3H3,(H,7,8). The van der Waals surface area contributed by atoms with Gasteiger partial charge in [0.15, 0.2) is 10.4 Å². The van der Waals surface area contributed by atoms with Crippen LogP contribution in [0.3, 0.4) is 0 Å². The summed E-state index contributed by atoms with van der Waals surface area (Å²) in [7, 11) is 2.80. The lowest BCUT2D eigenvalue weighted by atomic mass is 9.99. The molecule has 0 spiro atoms. The van der Waals surface area contributed by atoms with Gasteiger partial charge in [-0.3, -0.25) is 0 Å². The Hall–Kier alpha value is -0.513. The third-order valence-electron chi connectivity index (χ3n) is 0.738. The molecule has 1 N–H and O–H groups in total. The molecule has 3 nitrogen and oxygen atoms in total. The molecule has 0 rings (SSSR count). The number of carbonyl (C=O) groups is 1. The van der Waals surface area contributed by atoms with Crippen LogP contribution < -0.4 is 4.98 Å². The average Bonchev–Trinajstić information content (AvgIpc) is 1.81. The molecule has 0 heterocycles. The van der Waals surface area contributed by atoms with Crippen molar-refractivity contribution < 1.29 is 9.53 Å². The summed E-state index contributed by atoms with van der Waals surface area (Å²) in [6, 6.07) is 0. The highest BCUT2D eigenvalue weighted by molar-refractivity contribution is 6.12. The van der Waals surface area contributed by atoms with Gasteiger partial charge in [0.1, 0.15) is 0 Å². The van der Waals surface area contributed by atoms with Crippen LogP contribution in [0.2, 0.25) is 0 Å². The zero-order valence-corrected chi connectivity index (χ0v) is 7.52. The molecule has 3 radical (unpaired) electrons. The Morgan fingerprint density at radius 1 is 1.60 bits per heavy atom. The van der Waals surface area contributed by atoms with Gasteiger partial charge >= 0.3 is 6.09 Å². The highest BCUT2D eigenvalue weighted by atomic mass is 28.2. The molecule has 0 fully saturated rings. The van der Waals surface area contributed by atoms with Crippen LogP contribution in [0.25, 0.3) is 0 Å². The van der Waals surface area contributed by atoms with E-state index >= 15 is 0 Å². The third kappa shape index (κ3) is 5.62. The molecule has 0 aromatic heterocycles. The van der Waals surface area contributed by atoms with Crippen LogP contribution in [0, 0.1) is 5.41 Å². The zero-order valence-electron chi connectivity index (χ0n) is 6.52. The van der Waals surface area contributed by atoms with Crippen molar-refractivity contribution in [2.45, 2.75) is 20.8 Å². The number of nitrogens with one attached hydrogen (secondary N) is 1. The van der Waals surface area contributed by atoms with E-state index in [1.54, 1.807) is 0 Å². The Morgan fingerprint density at radius 3 is 2.40 bits per heavy atom. The summed E-state index contributed by atoms with van der Waals surface area (Å²) < 4.78 is 4.76. The van der Waals surface area contributed by atoms with Crippen molar-refractivity contribution in [3.05, 3.63) is 0 Å². The molecule has 0 aliphatic heterocycles. The van der Waals surface area contributed by atoms with Crippen molar-refractivity contribution in [1.82, 2.24) is 4.98 Å². The number of hydrogen-bond acceptors (Lipinski definition) is 2. The van der Waals surface area contributed by atoms with Crippen LogP contribution in [0.15, 0.2) is 0 Å². The first-order valence-electron chi connectivity index (χ1n) is 3.05. The summed E-state index contributed by atoms with van der Waals surface area (Å²) in [6.45, 7) is 6.40. The lowest BCUT2D eigenvalue weighted by molar-refractivity contribution is 0.111. The largest absolute Gasteiger partial charge is 0.450 e. The maximum atomic E-state index is 10.5. The normalized spacial score (nSPS) is 10.8. The van der Waals surface area contributed by atoms with Gasteiger partial charge < -0.3 is 9.72 Å². The Labute approximate surface area is 64.6 Å². The molecule has 0 unspecified atom stereocenters. The molecule has 1 amide bonds. The van der Waals surface area contributed by atoms with Crippen LogP contribution in [-0.4, -0.2) is 23.1 Å². The smallest absolute Gasteiger partial charge is 0.398 e. The lowest BCUT2D eigenvalue weighted by Gasteiger charge is -2.17. The number of amides is 1. The lowest BCUT2D eigenvalue weighted by Crippen LogP contribution is -2.25. The Kier molecular flexibility index (Phi) is 3.42. The average molecular weight is 158 g/mol. The maximum absolute atomic E-state index is 10.5. The second-order valence-electron chi connectivity index (χ2n) is 3.26. The van der Waals surface area contributed by atoms with E-state index in [1.807, 2.05) is 20.8 Å². The zero-order chi connectivity index (χ0) is 8.20. The van der Waals surface area contributed by atoms with Crippen molar-refractivity contribution in [3.8, 4) is 0 Å². The van der Waals surface area contributed by atoms with E-state index in [0.29, 0.717) is 6.61 Å². The van der Waals surface area contributed by atoms with Crippen molar-refractivity contribution >= 4 is 16.5 Å². The summed E-state index contributed by atoms with van der Waals surface area (Å²) in [5, 5.41) is 0. The van der Waals surface area contributed by atoms with Crippen molar-refractivity contribution in [2.75, 3.05) is 6.61 Å². The SMILES string of the molecule is CC(C)(C)COC(=O)N[Si]. The summed E-state index contributed by atoms with van der Waals surface area (Å²) in [5.74, 6) is 0. The van der Waals surface area contributed by atoms with E-state index < -0.39 is 6.09 Å². The fraction of sp³-hybridized carbons (Fsp3) is 0.833. The molecule has 0 aromatic rings. The van der Waals surface area contributed by atoms with E-state index in [4.69, 9.17) is 4.74 Å². The van der Waals surface area contributed by atoms with Crippen LogP contribution >= 0.6 is 0 Å². The van der Waals surface area contributed by atoms with Crippen LogP contribution in [0.4, 0.5) is 4.79 Å². The number of ether oxygens (including phenoxy) is 1. The maximum Gasteiger partial charge on any atom is 0.398 e. The molecular formula is C6H12NO2Si. The van der Waals surface area contributed by atoms with E-state index in [1.165, 1.54) is 0 Å². The minimum atomic E-state index is -0.452. The van der Waals surface area contributed by atoms with Gasteiger partial charge in [-0.1, -0.05) is 20.8 Å². The molecule has 0 atom stereocenters. The van der Waals surface area contributed by atoms with Crippen molar-refractivity contribution in [3.63, 3.8) is 0 Å². The first-order valence-corrected chi connectivity index (χ1v) is 3.55. The molecule has 0 aliphatic carbocycles. The molecule has 10 heavy (non-hydrogen) atoms. The van der Waals surface area contributed by atoms with Crippen LogP contribution in [0.5, 0.6) is 0 Å². The molecule has 4 heteroatoms. The van der Waals surface area contributed by atoms with E-state index in [0.717, 1.165) is 0 Å². The molecular weight excluding hydrogens is 146 g/mol. The fourth-order valence-electron chi connectivity index (χ4n) is 0.318. The summed E-state index contributed by atoms with van der Waals surface area (Å²) in [6.07, 6.45) is -0.452. The van der Waals surface area contributed by atoms with E-state index in [2.05, 4.69) is 15.4 Å². The minimum Gasteiger partial charge on any atom is -0.450 e. The van der Waals surface area contributed by atoms with Crippen molar-refractivity contribution in [2.24, 2.45) is 5.41 Å². The minimum absolute atomic E-state index is 0.0265. The van der Waals surface area contributed by atoms with Gasteiger partial charge in [-0.15, -0.1) is 0 Å². The predicted molar refractivity (Wildman–Crippen MR) is 39.7 cm³/mol. The van der Waals surface area contributed by atoms with Gasteiger partial charge in [-0.25, -0.2) is 4.79 Å². The second-order valence-corrected chi connectivity index (χ2v) is 3.51. The summed E-state index contributed by atoms with van der Waals surface area (Å²) in [4.78, 5) is 12.7. The van der Waals surface area contributed by atoms with Gasteiger partial charge in [-0.05, 0) is 5.41 Å². The van der Waals surface area contributed by atoms with Crippen LogP contribution in [0.1, 0.15) is 20.8 Å². The second kappa shape index (κ2) is 3.61. The molecule has 0 saturated carbocycles. The van der Waals surface area contributed by atoms with E-state index in [9.17, 15) is 4.79 Å². The monoisotopic (exact) mass is 158 g/mol. The van der Waals surface area contributed by atoms with Gasteiger partial charge in [0.25, 0.3) is 0 Å². The fourth-order valence-corrected chi connectivity index (χ4v) is 0.390. The quantitative estimate of drug-likeness (QED) is 0.574. The Bertz CT molecular complexity index is 119. The molecule has 57 valence electrons. The number of carbonyl (C=O) groups excluding carboxylic acids is 1.